The van der Waals surface area contributed by atoms with Gasteiger partial charge in [0.25, 0.3) is 0 Å². The van der Waals surface area contributed by atoms with E-state index in [9.17, 15) is 10.2 Å². The molecule has 0 aliphatic carbocycles. The number of hydrogen-bond acceptors (Lipinski definition) is 5. The predicted molar refractivity (Wildman–Crippen MR) is 144 cm³/mol. The van der Waals surface area contributed by atoms with E-state index in [0.717, 1.165) is 52.6 Å². The molecule has 3 aromatic carbocycles. The zero-order valence-electron chi connectivity index (χ0n) is 20.9. The van der Waals surface area contributed by atoms with Gasteiger partial charge in [0.15, 0.2) is 0 Å². The Kier molecular flexibility index (Phi) is 6.87. The van der Waals surface area contributed by atoms with Gasteiger partial charge in [0.1, 0.15) is 35.7 Å². The molecule has 2 aliphatic heterocycles. The largest absolute Gasteiger partial charge is 0.508 e. The van der Waals surface area contributed by atoms with Crippen molar-refractivity contribution >= 4 is 22.7 Å². The van der Waals surface area contributed by atoms with E-state index >= 15 is 0 Å². The van der Waals surface area contributed by atoms with Gasteiger partial charge in [-0.05, 0) is 79.8 Å². The molecule has 1 saturated heterocycles. The van der Waals surface area contributed by atoms with Crippen LogP contribution in [0.15, 0.2) is 60.7 Å². The number of fused-ring (bicyclic) bond motifs is 1. The van der Waals surface area contributed by atoms with Crippen LogP contribution < -0.4 is 9.47 Å². The summed E-state index contributed by atoms with van der Waals surface area (Å²) in [6, 6.07) is 18.6. The molecule has 3 aromatic rings. The first kappa shape index (κ1) is 24.5. The Morgan fingerprint density at radius 1 is 1.08 bits per heavy atom. The Bertz CT molecular complexity index is 1290. The second-order valence-electron chi connectivity index (χ2n) is 10.0. The summed E-state index contributed by atoms with van der Waals surface area (Å²) < 4.78 is 12.6. The molecule has 5 rings (SSSR count). The molecule has 5 nitrogen and oxygen atoms in total. The van der Waals surface area contributed by atoms with Crippen molar-refractivity contribution < 1.29 is 19.7 Å². The molecule has 3 atom stereocenters. The van der Waals surface area contributed by atoms with Crippen LogP contribution in [0.25, 0.3) is 11.1 Å². The zero-order valence-corrected chi connectivity index (χ0v) is 21.6. The third kappa shape index (κ3) is 4.91. The molecule has 1 fully saturated rings. The van der Waals surface area contributed by atoms with Gasteiger partial charge in [-0.25, -0.2) is 0 Å². The van der Waals surface area contributed by atoms with Crippen LogP contribution in [0.1, 0.15) is 50.0 Å². The van der Waals surface area contributed by atoms with E-state index in [1.54, 1.807) is 18.2 Å². The van der Waals surface area contributed by atoms with Crippen molar-refractivity contribution in [2.45, 2.75) is 39.3 Å². The standard InChI is InChI=1S/C30H32ClNO4/c1-18-11-12-32(16-18)19(2)17-35-25-9-7-21(8-10-25)29-28(22-5-4-6-23(33)13-22)20(3)26-14-24(34)15-27(31)30(26)36-29/h4-10,13-15,18-19,29,33-34H,11-12,16-17H2,1-3H3/t18-,19+,29?/m1/s1. The van der Waals surface area contributed by atoms with E-state index in [2.05, 4.69) is 18.7 Å². The van der Waals surface area contributed by atoms with Gasteiger partial charge in [0, 0.05) is 29.8 Å². The number of rotatable bonds is 6. The highest BCUT2D eigenvalue weighted by molar-refractivity contribution is 6.32. The lowest BCUT2D eigenvalue weighted by molar-refractivity contribution is 0.169. The number of ether oxygens (including phenoxy) is 2. The maximum atomic E-state index is 10.2. The van der Waals surface area contributed by atoms with Crippen LogP contribution in [0.5, 0.6) is 23.0 Å². The fraction of sp³-hybridized carbons (Fsp3) is 0.333. The molecule has 2 aliphatic rings. The first-order chi connectivity index (χ1) is 17.3. The highest BCUT2D eigenvalue weighted by Crippen LogP contribution is 2.50. The highest BCUT2D eigenvalue weighted by Gasteiger charge is 2.31. The topological polar surface area (TPSA) is 62.2 Å². The van der Waals surface area contributed by atoms with Crippen molar-refractivity contribution in [3.63, 3.8) is 0 Å². The van der Waals surface area contributed by atoms with Crippen molar-refractivity contribution in [2.24, 2.45) is 5.92 Å². The van der Waals surface area contributed by atoms with Crippen LogP contribution in [0, 0.1) is 5.92 Å². The van der Waals surface area contributed by atoms with Gasteiger partial charge in [-0.1, -0.05) is 42.8 Å². The number of likely N-dealkylation sites (tertiary alicyclic amines) is 1. The Morgan fingerprint density at radius 2 is 1.86 bits per heavy atom. The number of aromatic hydroxyl groups is 2. The van der Waals surface area contributed by atoms with Crippen molar-refractivity contribution in [3.8, 4) is 23.0 Å². The van der Waals surface area contributed by atoms with Crippen molar-refractivity contribution in [2.75, 3.05) is 19.7 Å². The first-order valence-corrected chi connectivity index (χ1v) is 12.8. The second kappa shape index (κ2) is 10.1. The van der Waals surface area contributed by atoms with Crippen LogP contribution in [0.4, 0.5) is 0 Å². The molecule has 36 heavy (non-hydrogen) atoms. The molecule has 6 heteroatoms. The van der Waals surface area contributed by atoms with Gasteiger partial charge in [-0.15, -0.1) is 0 Å². The Morgan fingerprint density at radius 3 is 2.56 bits per heavy atom. The summed E-state index contributed by atoms with van der Waals surface area (Å²) in [5, 5.41) is 20.7. The lowest BCUT2D eigenvalue weighted by atomic mass is 9.86. The summed E-state index contributed by atoms with van der Waals surface area (Å²) in [6.45, 7) is 9.42. The molecule has 188 valence electrons. The lowest BCUT2D eigenvalue weighted by Crippen LogP contribution is -2.35. The summed E-state index contributed by atoms with van der Waals surface area (Å²) >= 11 is 6.47. The quantitative estimate of drug-likeness (QED) is 0.380. The fourth-order valence-electron chi connectivity index (χ4n) is 5.20. The predicted octanol–water partition coefficient (Wildman–Crippen LogP) is 6.92. The van der Waals surface area contributed by atoms with Gasteiger partial charge in [-0.3, -0.25) is 4.90 Å². The number of halogens is 1. The van der Waals surface area contributed by atoms with E-state index in [1.807, 2.05) is 43.3 Å². The molecule has 2 N–H and O–H groups in total. The lowest BCUT2D eigenvalue weighted by Gasteiger charge is -2.32. The molecule has 1 unspecified atom stereocenters. The molecule has 0 bridgehead atoms. The van der Waals surface area contributed by atoms with Crippen LogP contribution in [-0.2, 0) is 0 Å². The molecule has 0 spiro atoms. The maximum absolute atomic E-state index is 10.2. The summed E-state index contributed by atoms with van der Waals surface area (Å²) in [5.41, 5.74) is 4.36. The molecule has 0 radical (unpaired) electrons. The number of phenols is 2. The van der Waals surface area contributed by atoms with Gasteiger partial charge in [0.2, 0.25) is 0 Å². The van der Waals surface area contributed by atoms with E-state index in [0.29, 0.717) is 23.4 Å². The normalized spacial score (nSPS) is 20.7. The maximum Gasteiger partial charge on any atom is 0.150 e. The Labute approximate surface area is 217 Å². The monoisotopic (exact) mass is 505 g/mol. The third-order valence-corrected chi connectivity index (χ3v) is 7.52. The van der Waals surface area contributed by atoms with Gasteiger partial charge < -0.3 is 19.7 Å². The number of hydrogen-bond donors (Lipinski definition) is 2. The van der Waals surface area contributed by atoms with Crippen LogP contribution in [0.2, 0.25) is 5.02 Å². The average Bonchev–Trinajstić information content (AvgIpc) is 3.29. The summed E-state index contributed by atoms with van der Waals surface area (Å²) in [7, 11) is 0. The van der Waals surface area contributed by atoms with Crippen molar-refractivity contribution in [1.82, 2.24) is 4.90 Å². The van der Waals surface area contributed by atoms with E-state index < -0.39 is 6.10 Å². The molecule has 0 aromatic heterocycles. The highest BCUT2D eigenvalue weighted by atomic mass is 35.5. The molecule has 0 saturated carbocycles. The molecule has 2 heterocycles. The van der Waals surface area contributed by atoms with Gasteiger partial charge in [-0.2, -0.15) is 0 Å². The van der Waals surface area contributed by atoms with Crippen molar-refractivity contribution in [3.05, 3.63) is 82.4 Å². The summed E-state index contributed by atoms with van der Waals surface area (Å²) in [6.07, 6.45) is 0.808. The second-order valence-corrected chi connectivity index (χ2v) is 10.4. The molecular formula is C30H32ClNO4. The van der Waals surface area contributed by atoms with E-state index in [-0.39, 0.29) is 11.5 Å². The number of nitrogens with zero attached hydrogens (tertiary/aromatic N) is 1. The third-order valence-electron chi connectivity index (χ3n) is 7.24. The van der Waals surface area contributed by atoms with Crippen LogP contribution in [-0.4, -0.2) is 40.9 Å². The van der Waals surface area contributed by atoms with Gasteiger partial charge in [0.05, 0.1) is 5.02 Å². The number of allylic oxidation sites excluding steroid dienone is 1. The zero-order chi connectivity index (χ0) is 25.4. The van der Waals surface area contributed by atoms with Crippen LogP contribution in [0.3, 0.4) is 0 Å². The fourth-order valence-corrected chi connectivity index (χ4v) is 5.46. The summed E-state index contributed by atoms with van der Waals surface area (Å²) in [4.78, 5) is 2.49. The van der Waals surface area contributed by atoms with Crippen LogP contribution >= 0.6 is 11.6 Å². The molecule has 0 amide bonds. The minimum atomic E-state index is -0.444. The minimum Gasteiger partial charge on any atom is -0.508 e. The SMILES string of the molecule is CC1=C(c2cccc(O)c2)C(c2ccc(OC[C@H](C)N3CC[C@@H](C)C3)cc2)Oc2c(Cl)cc(O)cc21. The Balaban J connectivity index is 1.43. The Hall–Kier alpha value is -3.15. The number of benzene rings is 3. The number of phenolic OH excluding ortho intramolecular Hbond substituents is 2. The smallest absolute Gasteiger partial charge is 0.150 e. The first-order valence-electron chi connectivity index (χ1n) is 12.5. The van der Waals surface area contributed by atoms with Gasteiger partial charge >= 0.3 is 0 Å². The summed E-state index contributed by atoms with van der Waals surface area (Å²) in [5.74, 6) is 2.36. The van der Waals surface area contributed by atoms with Crippen molar-refractivity contribution in [1.29, 1.82) is 0 Å². The average molecular weight is 506 g/mol. The van der Waals surface area contributed by atoms with E-state index in [1.165, 1.54) is 12.5 Å². The molecular weight excluding hydrogens is 474 g/mol. The minimum absolute atomic E-state index is 0.0783. The van der Waals surface area contributed by atoms with E-state index in [4.69, 9.17) is 21.1 Å².